The van der Waals surface area contributed by atoms with Crippen LogP contribution in [-0.4, -0.2) is 29.0 Å². The average Bonchev–Trinajstić information content (AvgIpc) is 2.16. The molecule has 0 saturated carbocycles. The van der Waals surface area contributed by atoms with Gasteiger partial charge in [-0.2, -0.15) is 0 Å². The van der Waals surface area contributed by atoms with Crippen molar-refractivity contribution in [2.75, 3.05) is 6.26 Å². The lowest BCUT2D eigenvalue weighted by Gasteiger charge is -2.32. The maximum atomic E-state index is 12.0. The number of thioether (sulfide) groups is 1. The van der Waals surface area contributed by atoms with Crippen molar-refractivity contribution in [2.45, 2.75) is 33.2 Å². The fourth-order valence-electron chi connectivity index (χ4n) is 1.78. The van der Waals surface area contributed by atoms with Crippen LogP contribution in [-0.2, 0) is 9.59 Å². The van der Waals surface area contributed by atoms with E-state index in [9.17, 15) is 9.59 Å². The van der Waals surface area contributed by atoms with Crippen LogP contribution in [0, 0.1) is 5.92 Å². The lowest BCUT2D eigenvalue weighted by atomic mass is 9.99. The molecule has 0 aromatic heterocycles. The van der Waals surface area contributed by atoms with E-state index in [4.69, 9.17) is 0 Å². The fourth-order valence-corrected chi connectivity index (χ4v) is 2.55. The Morgan fingerprint density at radius 1 is 1.47 bits per heavy atom. The molecule has 0 bridgehead atoms. The van der Waals surface area contributed by atoms with Crippen LogP contribution in [0.4, 0.5) is 0 Å². The summed E-state index contributed by atoms with van der Waals surface area (Å²) in [6.07, 6.45) is 4.25. The Labute approximate surface area is 94.9 Å². The third-order valence-corrected chi connectivity index (χ3v) is 3.42. The van der Waals surface area contributed by atoms with Crippen molar-refractivity contribution < 1.29 is 9.59 Å². The quantitative estimate of drug-likeness (QED) is 0.692. The van der Waals surface area contributed by atoms with Gasteiger partial charge in [0, 0.05) is 17.0 Å². The molecule has 1 aliphatic heterocycles. The summed E-state index contributed by atoms with van der Waals surface area (Å²) < 4.78 is 0. The molecule has 0 aliphatic carbocycles. The number of nitrogens with zero attached hydrogens (tertiary/aromatic N) is 1. The molecular formula is C11H17NO2S. The van der Waals surface area contributed by atoms with E-state index >= 15 is 0 Å². The number of hydrogen-bond acceptors (Lipinski definition) is 3. The minimum Gasteiger partial charge on any atom is -0.276 e. The van der Waals surface area contributed by atoms with E-state index in [1.807, 2.05) is 27.0 Å². The van der Waals surface area contributed by atoms with Crippen molar-refractivity contribution in [3.05, 3.63) is 11.0 Å². The van der Waals surface area contributed by atoms with Crippen LogP contribution in [0.15, 0.2) is 11.0 Å². The van der Waals surface area contributed by atoms with Gasteiger partial charge in [-0.25, -0.2) is 0 Å². The highest BCUT2D eigenvalue weighted by Crippen LogP contribution is 2.31. The van der Waals surface area contributed by atoms with E-state index in [1.54, 1.807) is 6.08 Å². The Morgan fingerprint density at radius 3 is 2.47 bits per heavy atom. The van der Waals surface area contributed by atoms with Crippen LogP contribution in [0.1, 0.15) is 27.2 Å². The van der Waals surface area contributed by atoms with Crippen LogP contribution in [0.25, 0.3) is 0 Å². The summed E-state index contributed by atoms with van der Waals surface area (Å²) in [7, 11) is 0. The summed E-state index contributed by atoms with van der Waals surface area (Å²) in [4.78, 5) is 26.0. The first-order chi connectivity index (χ1) is 7.02. The molecule has 0 spiro atoms. The summed E-state index contributed by atoms with van der Waals surface area (Å²) in [5.41, 5.74) is 0. The molecule has 15 heavy (non-hydrogen) atoms. The molecule has 0 saturated heterocycles. The van der Waals surface area contributed by atoms with Gasteiger partial charge in [0.25, 0.3) is 5.91 Å². The minimum atomic E-state index is -0.177. The topological polar surface area (TPSA) is 37.4 Å². The van der Waals surface area contributed by atoms with Crippen molar-refractivity contribution in [3.8, 4) is 0 Å². The predicted molar refractivity (Wildman–Crippen MR) is 62.4 cm³/mol. The zero-order valence-corrected chi connectivity index (χ0v) is 10.4. The second kappa shape index (κ2) is 4.84. The number of carbonyl (C=O) groups excluding carboxylic acids is 2. The van der Waals surface area contributed by atoms with Gasteiger partial charge in [-0.05, 0) is 26.5 Å². The van der Waals surface area contributed by atoms with Crippen LogP contribution >= 0.6 is 11.8 Å². The van der Waals surface area contributed by atoms with Gasteiger partial charge in [0.15, 0.2) is 0 Å². The van der Waals surface area contributed by atoms with Crippen molar-refractivity contribution in [1.29, 1.82) is 0 Å². The Kier molecular flexibility index (Phi) is 3.97. The number of amides is 2. The molecule has 1 unspecified atom stereocenters. The van der Waals surface area contributed by atoms with Crippen molar-refractivity contribution >= 4 is 23.6 Å². The number of hydrogen-bond donors (Lipinski definition) is 0. The van der Waals surface area contributed by atoms with Crippen molar-refractivity contribution in [3.63, 3.8) is 0 Å². The summed E-state index contributed by atoms with van der Waals surface area (Å²) in [6, 6.07) is -0.0568. The van der Waals surface area contributed by atoms with Gasteiger partial charge in [0.1, 0.15) is 0 Å². The van der Waals surface area contributed by atoms with E-state index in [1.165, 1.54) is 16.7 Å². The zero-order chi connectivity index (χ0) is 11.6. The molecule has 1 heterocycles. The molecule has 3 nitrogen and oxygen atoms in total. The Bertz CT molecular complexity index is 310. The largest absolute Gasteiger partial charge is 0.276 e. The first-order valence-corrected chi connectivity index (χ1v) is 6.38. The van der Waals surface area contributed by atoms with E-state index in [0.29, 0.717) is 0 Å². The molecule has 0 aromatic carbocycles. The third kappa shape index (κ3) is 2.25. The number of carbonyl (C=O) groups is 2. The molecular weight excluding hydrogens is 210 g/mol. The summed E-state index contributed by atoms with van der Waals surface area (Å²) in [5, 5.41) is 0. The van der Waals surface area contributed by atoms with E-state index in [0.717, 1.165) is 11.3 Å². The van der Waals surface area contributed by atoms with Crippen molar-refractivity contribution in [2.24, 2.45) is 5.92 Å². The maximum Gasteiger partial charge on any atom is 0.254 e. The predicted octanol–water partition coefficient (Wildman–Crippen LogP) is 2.04. The van der Waals surface area contributed by atoms with Gasteiger partial charge in [-0.1, -0.05) is 6.92 Å². The number of rotatable bonds is 3. The van der Waals surface area contributed by atoms with Gasteiger partial charge in [-0.15, -0.1) is 11.8 Å². The molecule has 0 N–H and O–H groups in total. The summed E-state index contributed by atoms with van der Waals surface area (Å²) in [5.74, 6) is -0.353. The molecule has 1 aliphatic rings. The Balaban J connectivity index is 3.07. The van der Waals surface area contributed by atoms with Crippen LogP contribution in [0.2, 0.25) is 0 Å². The molecule has 0 aromatic rings. The molecule has 0 radical (unpaired) electrons. The lowest BCUT2D eigenvalue weighted by Crippen LogP contribution is -2.47. The highest BCUT2D eigenvalue weighted by atomic mass is 32.2. The monoisotopic (exact) mass is 227 g/mol. The highest BCUT2D eigenvalue weighted by Gasteiger charge is 2.35. The van der Waals surface area contributed by atoms with Crippen LogP contribution in [0.5, 0.6) is 0 Å². The van der Waals surface area contributed by atoms with Crippen molar-refractivity contribution in [1.82, 2.24) is 4.90 Å². The first kappa shape index (κ1) is 12.3. The highest BCUT2D eigenvalue weighted by molar-refractivity contribution is 8.02. The molecule has 4 heteroatoms. The molecule has 84 valence electrons. The summed E-state index contributed by atoms with van der Waals surface area (Å²) in [6.45, 7) is 5.70. The van der Waals surface area contributed by atoms with Crippen LogP contribution < -0.4 is 0 Å². The molecule has 0 fully saturated rings. The van der Waals surface area contributed by atoms with Crippen LogP contribution in [0.3, 0.4) is 0 Å². The van der Waals surface area contributed by atoms with Gasteiger partial charge < -0.3 is 0 Å². The zero-order valence-electron chi connectivity index (χ0n) is 9.61. The number of imide groups is 1. The molecule has 1 atom stereocenters. The second-order valence-corrected chi connectivity index (χ2v) is 4.73. The minimum absolute atomic E-state index is 0.0515. The SMILES string of the molecule is CCC1C(=O)N(C(C)C)C(=O)C=C1SC. The Morgan fingerprint density at radius 2 is 2.07 bits per heavy atom. The van der Waals surface area contributed by atoms with Gasteiger partial charge in [-0.3, -0.25) is 14.5 Å². The van der Waals surface area contributed by atoms with Gasteiger partial charge in [0.05, 0.1) is 5.92 Å². The van der Waals surface area contributed by atoms with E-state index < -0.39 is 0 Å². The van der Waals surface area contributed by atoms with Gasteiger partial charge >= 0.3 is 0 Å². The maximum absolute atomic E-state index is 12.0. The second-order valence-electron chi connectivity index (χ2n) is 3.85. The smallest absolute Gasteiger partial charge is 0.254 e. The van der Waals surface area contributed by atoms with E-state index in [2.05, 4.69) is 0 Å². The lowest BCUT2D eigenvalue weighted by molar-refractivity contribution is -0.147. The van der Waals surface area contributed by atoms with Gasteiger partial charge in [0.2, 0.25) is 5.91 Å². The first-order valence-electron chi connectivity index (χ1n) is 5.15. The molecule has 2 amide bonds. The molecule has 1 rings (SSSR count). The normalized spacial score (nSPS) is 22.3. The summed E-state index contributed by atoms with van der Waals surface area (Å²) >= 11 is 1.49. The average molecular weight is 227 g/mol. The van der Waals surface area contributed by atoms with E-state index in [-0.39, 0.29) is 23.8 Å². The third-order valence-electron chi connectivity index (χ3n) is 2.54. The standard InChI is InChI=1S/C11H17NO2S/c1-5-8-9(15-4)6-10(13)12(7(2)3)11(8)14/h6-8H,5H2,1-4H3. The Hall–Kier alpha value is -0.770. The fraction of sp³-hybridized carbons (Fsp3) is 0.636.